The Hall–Kier alpha value is -3.43. The number of imidazole rings is 1. The van der Waals surface area contributed by atoms with Crippen LogP contribution >= 0.6 is 0 Å². The van der Waals surface area contributed by atoms with E-state index in [1.807, 2.05) is 53.1 Å². The highest BCUT2D eigenvalue weighted by Crippen LogP contribution is 2.34. The van der Waals surface area contributed by atoms with Gasteiger partial charge >= 0.3 is 6.09 Å². The number of carbonyl (C=O) groups is 1. The summed E-state index contributed by atoms with van der Waals surface area (Å²) in [6.45, 7) is 12.2. The molecule has 0 bridgehead atoms. The maximum atomic E-state index is 12.4. The molecular weight excluding hydrogens is 446 g/mol. The topological polar surface area (TPSA) is 122 Å². The molecule has 1 amide bonds. The van der Waals surface area contributed by atoms with E-state index < -0.39 is 5.60 Å². The van der Waals surface area contributed by atoms with Crippen LogP contribution in [0.5, 0.6) is 5.75 Å². The van der Waals surface area contributed by atoms with Crippen molar-refractivity contribution in [3.63, 3.8) is 0 Å². The lowest BCUT2D eigenvalue weighted by Crippen LogP contribution is -2.41. The van der Waals surface area contributed by atoms with Crippen LogP contribution in [0.25, 0.3) is 11.4 Å². The number of aromatic amines is 1. The number of nitrogens with one attached hydrogen (secondary N) is 1. The Balaban J connectivity index is 1.53. The molecule has 1 fully saturated rings. The van der Waals surface area contributed by atoms with Crippen molar-refractivity contribution in [1.82, 2.24) is 14.9 Å². The largest absolute Gasteiger partial charge is 0.488 e. The van der Waals surface area contributed by atoms with Crippen LogP contribution in [0, 0.1) is 0 Å². The van der Waals surface area contributed by atoms with E-state index in [2.05, 4.69) is 19.5 Å². The fourth-order valence-corrected chi connectivity index (χ4v) is 4.36. The number of fused-ring (bicyclic) bond motifs is 3. The maximum absolute atomic E-state index is 12.4. The van der Waals surface area contributed by atoms with Crippen LogP contribution in [-0.4, -0.2) is 64.5 Å². The molecule has 4 heterocycles. The van der Waals surface area contributed by atoms with Crippen molar-refractivity contribution >= 4 is 18.3 Å². The highest BCUT2D eigenvalue weighted by molar-refractivity contribution is 6.01. The SMILES string of the molecule is CC(C)N=C(N=CN)c1c[n+]2c([nH]1)-c1cnc(C3CCN(C(=O)OC(C)(C)C)CC3)cc1OCC2. The Labute approximate surface area is 206 Å². The first-order chi connectivity index (χ1) is 16.6. The summed E-state index contributed by atoms with van der Waals surface area (Å²) in [5.74, 6) is 2.52. The molecule has 0 saturated carbocycles. The average Bonchev–Trinajstić information content (AvgIpc) is 3.14. The minimum atomic E-state index is -0.490. The third kappa shape index (κ3) is 5.80. The normalized spacial score (nSPS) is 17.2. The second kappa shape index (κ2) is 10.1. The van der Waals surface area contributed by atoms with Gasteiger partial charge in [-0.25, -0.2) is 19.3 Å². The predicted octanol–water partition coefficient (Wildman–Crippen LogP) is 3.01. The molecule has 0 aromatic carbocycles. The number of pyridine rings is 1. The van der Waals surface area contributed by atoms with E-state index in [1.165, 1.54) is 6.34 Å². The van der Waals surface area contributed by atoms with Gasteiger partial charge in [0.15, 0.2) is 0 Å². The molecule has 2 aromatic rings. The number of carbonyl (C=O) groups excluding carboxylic acids is 1. The van der Waals surface area contributed by atoms with Gasteiger partial charge in [-0.2, -0.15) is 0 Å². The van der Waals surface area contributed by atoms with Gasteiger partial charge in [0.1, 0.15) is 36.3 Å². The van der Waals surface area contributed by atoms with Gasteiger partial charge in [0.2, 0.25) is 11.5 Å². The molecule has 4 rings (SSSR count). The Morgan fingerprint density at radius 3 is 2.77 bits per heavy atom. The van der Waals surface area contributed by atoms with Crippen molar-refractivity contribution in [1.29, 1.82) is 0 Å². The fourth-order valence-electron chi connectivity index (χ4n) is 4.36. The molecule has 0 spiro atoms. The molecule has 2 aliphatic heterocycles. The van der Waals surface area contributed by atoms with Crippen LogP contribution in [-0.2, 0) is 11.3 Å². The first-order valence-electron chi connectivity index (χ1n) is 12.2. The summed E-state index contributed by atoms with van der Waals surface area (Å²) in [6.07, 6.45) is 6.54. The van der Waals surface area contributed by atoms with Gasteiger partial charge in [0, 0.05) is 43.0 Å². The Morgan fingerprint density at radius 1 is 1.37 bits per heavy atom. The molecular formula is C25H36N7O3+. The van der Waals surface area contributed by atoms with E-state index in [4.69, 9.17) is 20.2 Å². The molecule has 188 valence electrons. The van der Waals surface area contributed by atoms with Gasteiger partial charge in [-0.05, 0) is 47.5 Å². The van der Waals surface area contributed by atoms with Crippen molar-refractivity contribution in [2.75, 3.05) is 19.7 Å². The zero-order valence-corrected chi connectivity index (χ0v) is 21.2. The molecule has 3 N–H and O–H groups in total. The van der Waals surface area contributed by atoms with Gasteiger partial charge in [0.05, 0.1) is 6.34 Å². The van der Waals surface area contributed by atoms with Crippen LogP contribution < -0.4 is 15.0 Å². The van der Waals surface area contributed by atoms with Crippen LogP contribution in [0.4, 0.5) is 4.79 Å². The number of ether oxygens (including phenoxy) is 2. The van der Waals surface area contributed by atoms with Gasteiger partial charge < -0.3 is 20.1 Å². The van der Waals surface area contributed by atoms with E-state index in [0.29, 0.717) is 32.1 Å². The van der Waals surface area contributed by atoms with Crippen molar-refractivity contribution < 1.29 is 18.8 Å². The lowest BCUT2D eigenvalue weighted by atomic mass is 9.92. The highest BCUT2D eigenvalue weighted by Gasteiger charge is 2.31. The number of nitrogens with two attached hydrogens (primary N) is 1. The summed E-state index contributed by atoms with van der Waals surface area (Å²) in [7, 11) is 0. The maximum Gasteiger partial charge on any atom is 0.410 e. The quantitative estimate of drug-likeness (QED) is 0.396. The number of nitrogens with zero attached hydrogens (tertiary/aromatic N) is 5. The van der Waals surface area contributed by atoms with Gasteiger partial charge in [0.25, 0.3) is 5.82 Å². The second-order valence-corrected chi connectivity index (χ2v) is 10.2. The minimum Gasteiger partial charge on any atom is -0.488 e. The molecule has 10 heteroatoms. The predicted molar refractivity (Wildman–Crippen MR) is 134 cm³/mol. The van der Waals surface area contributed by atoms with E-state index in [9.17, 15) is 4.79 Å². The number of hydrogen-bond acceptors (Lipinski definition) is 5. The lowest BCUT2D eigenvalue weighted by Gasteiger charge is -2.33. The standard InChI is InChI=1S/C25H35N7O3/c1-16(2)29-22(28-15-26)20-14-32-10-11-34-21-12-19(27-13-18(21)23(32)30-20)17-6-8-31(9-7-17)24(33)35-25(3,4)5/h12-17H,6-11H2,1-5H3,(H2,26,28,29)/p+1. The molecule has 10 nitrogen and oxygen atoms in total. The monoisotopic (exact) mass is 482 g/mol. The molecule has 2 aromatic heterocycles. The molecule has 0 unspecified atom stereocenters. The third-order valence-corrected chi connectivity index (χ3v) is 5.94. The zero-order valence-electron chi connectivity index (χ0n) is 21.2. The lowest BCUT2D eigenvalue weighted by molar-refractivity contribution is -0.684. The third-order valence-electron chi connectivity index (χ3n) is 5.94. The summed E-state index contributed by atoms with van der Waals surface area (Å²) in [6, 6.07) is 2.13. The number of piperidine rings is 1. The van der Waals surface area contributed by atoms with Gasteiger partial charge in [-0.3, -0.25) is 9.98 Å². The van der Waals surface area contributed by atoms with Crippen molar-refractivity contribution in [3.8, 4) is 17.1 Å². The van der Waals surface area contributed by atoms with E-state index >= 15 is 0 Å². The van der Waals surface area contributed by atoms with E-state index in [0.717, 1.165) is 41.4 Å². The average molecular weight is 483 g/mol. The molecule has 35 heavy (non-hydrogen) atoms. The number of rotatable bonds is 3. The van der Waals surface area contributed by atoms with Crippen molar-refractivity contribution in [2.45, 2.75) is 71.6 Å². The Bertz CT molecular complexity index is 1120. The summed E-state index contributed by atoms with van der Waals surface area (Å²) in [4.78, 5) is 31.2. The Kier molecular flexibility index (Phi) is 7.09. The fraction of sp³-hybridized carbons (Fsp3) is 0.560. The minimum absolute atomic E-state index is 0.0865. The highest BCUT2D eigenvalue weighted by atomic mass is 16.6. The van der Waals surface area contributed by atoms with Crippen LogP contribution in [0.15, 0.2) is 28.4 Å². The number of aliphatic imine (C=N–C) groups is 2. The molecule has 2 aliphatic rings. The Morgan fingerprint density at radius 2 is 2.11 bits per heavy atom. The van der Waals surface area contributed by atoms with Gasteiger partial charge in [-0.15, -0.1) is 0 Å². The first-order valence-corrected chi connectivity index (χ1v) is 12.2. The van der Waals surface area contributed by atoms with Crippen LogP contribution in [0.1, 0.15) is 64.8 Å². The number of likely N-dealkylation sites (tertiary alicyclic amines) is 1. The molecule has 1 saturated heterocycles. The van der Waals surface area contributed by atoms with E-state index in [1.54, 1.807) is 4.90 Å². The zero-order chi connectivity index (χ0) is 25.2. The number of hydrogen-bond donors (Lipinski definition) is 2. The number of H-pyrrole nitrogens is 1. The number of amides is 1. The van der Waals surface area contributed by atoms with Crippen LogP contribution in [0.3, 0.4) is 0 Å². The smallest absolute Gasteiger partial charge is 0.410 e. The molecule has 0 atom stereocenters. The summed E-state index contributed by atoms with van der Waals surface area (Å²) >= 11 is 0. The van der Waals surface area contributed by atoms with Crippen molar-refractivity contribution in [2.24, 2.45) is 15.7 Å². The molecule has 0 aliphatic carbocycles. The number of amidine groups is 1. The van der Waals surface area contributed by atoms with Crippen molar-refractivity contribution in [3.05, 3.63) is 29.8 Å². The first kappa shape index (κ1) is 24.7. The summed E-state index contributed by atoms with van der Waals surface area (Å²) < 4.78 is 13.7. The number of aromatic nitrogens is 3. The molecule has 0 radical (unpaired) electrons. The van der Waals surface area contributed by atoms with E-state index in [-0.39, 0.29) is 18.1 Å². The van der Waals surface area contributed by atoms with Gasteiger partial charge in [-0.1, -0.05) is 0 Å². The second-order valence-electron chi connectivity index (χ2n) is 10.2. The van der Waals surface area contributed by atoms with Crippen LogP contribution in [0.2, 0.25) is 0 Å². The summed E-state index contributed by atoms with van der Waals surface area (Å²) in [5.41, 5.74) is 7.74. The summed E-state index contributed by atoms with van der Waals surface area (Å²) in [5, 5.41) is 0.